The van der Waals surface area contributed by atoms with Crippen molar-refractivity contribution in [3.05, 3.63) is 71.7 Å². The highest BCUT2D eigenvalue weighted by atomic mass is 16.5. The van der Waals surface area contributed by atoms with E-state index in [1.165, 1.54) is 0 Å². The van der Waals surface area contributed by atoms with E-state index in [-0.39, 0.29) is 5.76 Å². The number of furan rings is 1. The quantitative estimate of drug-likeness (QED) is 0.645. The van der Waals surface area contributed by atoms with Gasteiger partial charge >= 0.3 is 5.97 Å². The minimum atomic E-state index is -0.621. The van der Waals surface area contributed by atoms with Gasteiger partial charge < -0.3 is 19.6 Å². The largest absolute Gasteiger partial charge is 0.460 e. The fourth-order valence-electron chi connectivity index (χ4n) is 2.65. The number of fused-ring (bicyclic) bond motifs is 1. The maximum atomic E-state index is 11.6. The average Bonchev–Trinajstić information content (AvgIpc) is 3.10. The summed E-state index contributed by atoms with van der Waals surface area (Å²) in [5.41, 5.74) is 0.859. The Kier molecular flexibility index (Phi) is 5.48. The van der Waals surface area contributed by atoms with Gasteiger partial charge in [0.15, 0.2) is 0 Å². The SMILES string of the molecule is CCOC(=O)c1ccc(CNCC(O)c2ccc3ccccc3c2)o1. The molecule has 5 heteroatoms. The van der Waals surface area contributed by atoms with Crippen LogP contribution in [0.2, 0.25) is 0 Å². The molecule has 2 N–H and O–H groups in total. The van der Waals surface area contributed by atoms with E-state index in [0.29, 0.717) is 25.5 Å². The molecule has 2 aromatic carbocycles. The van der Waals surface area contributed by atoms with Crippen molar-refractivity contribution in [3.8, 4) is 0 Å². The molecule has 1 aromatic heterocycles. The lowest BCUT2D eigenvalue weighted by Gasteiger charge is -2.12. The molecule has 0 radical (unpaired) electrons. The van der Waals surface area contributed by atoms with Crippen molar-refractivity contribution in [2.45, 2.75) is 19.6 Å². The lowest BCUT2D eigenvalue weighted by atomic mass is 10.0. The summed E-state index contributed by atoms with van der Waals surface area (Å²) in [5, 5.41) is 15.7. The lowest BCUT2D eigenvalue weighted by molar-refractivity contribution is 0.0487. The number of ether oxygens (including phenoxy) is 1. The number of hydrogen-bond acceptors (Lipinski definition) is 5. The minimum absolute atomic E-state index is 0.189. The fraction of sp³-hybridized carbons (Fsp3) is 0.250. The molecule has 1 unspecified atom stereocenters. The zero-order valence-corrected chi connectivity index (χ0v) is 14.1. The Balaban J connectivity index is 1.55. The van der Waals surface area contributed by atoms with Crippen molar-refractivity contribution in [1.29, 1.82) is 0 Å². The van der Waals surface area contributed by atoms with Gasteiger partial charge in [-0.15, -0.1) is 0 Å². The van der Waals surface area contributed by atoms with Crippen LogP contribution in [0.1, 0.15) is 34.9 Å². The molecule has 0 amide bonds. The van der Waals surface area contributed by atoms with Crippen LogP contribution in [-0.4, -0.2) is 24.2 Å². The number of nitrogens with one attached hydrogen (secondary N) is 1. The summed E-state index contributed by atoms with van der Waals surface area (Å²) in [6.07, 6.45) is -0.621. The molecule has 0 fully saturated rings. The van der Waals surface area contributed by atoms with E-state index in [2.05, 4.69) is 5.32 Å². The molecular formula is C20H21NO4. The lowest BCUT2D eigenvalue weighted by Crippen LogP contribution is -2.20. The number of hydrogen-bond donors (Lipinski definition) is 2. The molecule has 5 nitrogen and oxygen atoms in total. The molecule has 0 saturated heterocycles. The van der Waals surface area contributed by atoms with Crippen molar-refractivity contribution < 1.29 is 19.1 Å². The first-order chi connectivity index (χ1) is 12.2. The Morgan fingerprint density at radius 1 is 1.16 bits per heavy atom. The Morgan fingerprint density at radius 3 is 2.76 bits per heavy atom. The highest BCUT2D eigenvalue weighted by molar-refractivity contribution is 5.86. The topological polar surface area (TPSA) is 71.7 Å². The predicted molar refractivity (Wildman–Crippen MR) is 95.3 cm³/mol. The molecule has 0 aliphatic heterocycles. The third-order valence-corrected chi connectivity index (χ3v) is 3.93. The number of aliphatic hydroxyl groups is 1. The maximum absolute atomic E-state index is 11.6. The maximum Gasteiger partial charge on any atom is 0.374 e. The highest BCUT2D eigenvalue weighted by Gasteiger charge is 2.12. The van der Waals surface area contributed by atoms with Crippen LogP contribution in [0.15, 0.2) is 59.0 Å². The summed E-state index contributed by atoms with van der Waals surface area (Å²) in [5.74, 6) is 0.340. The highest BCUT2D eigenvalue weighted by Crippen LogP contribution is 2.20. The molecule has 1 atom stereocenters. The zero-order chi connectivity index (χ0) is 17.6. The molecule has 130 valence electrons. The van der Waals surface area contributed by atoms with Crippen LogP contribution in [0.3, 0.4) is 0 Å². The second-order valence-corrected chi connectivity index (χ2v) is 5.74. The number of rotatable bonds is 7. The first kappa shape index (κ1) is 17.2. The smallest absolute Gasteiger partial charge is 0.374 e. The summed E-state index contributed by atoms with van der Waals surface area (Å²) < 4.78 is 10.3. The van der Waals surface area contributed by atoms with Crippen LogP contribution in [0.4, 0.5) is 0 Å². The first-order valence-corrected chi connectivity index (χ1v) is 8.30. The summed E-state index contributed by atoms with van der Waals surface area (Å²) in [4.78, 5) is 11.6. The van der Waals surface area contributed by atoms with Crippen molar-refractivity contribution in [1.82, 2.24) is 5.32 Å². The molecule has 0 aliphatic carbocycles. The van der Waals surface area contributed by atoms with Crippen LogP contribution >= 0.6 is 0 Å². The molecule has 3 rings (SSSR count). The van der Waals surface area contributed by atoms with Gasteiger partial charge in [0.1, 0.15) is 5.76 Å². The summed E-state index contributed by atoms with van der Waals surface area (Å²) in [7, 11) is 0. The Morgan fingerprint density at radius 2 is 1.96 bits per heavy atom. The van der Waals surface area contributed by atoms with E-state index in [9.17, 15) is 9.90 Å². The van der Waals surface area contributed by atoms with E-state index < -0.39 is 12.1 Å². The van der Waals surface area contributed by atoms with Gasteiger partial charge in [-0.3, -0.25) is 0 Å². The van der Waals surface area contributed by atoms with Gasteiger partial charge in [0.05, 0.1) is 19.3 Å². The normalized spacial score (nSPS) is 12.2. The predicted octanol–water partition coefficient (Wildman–Crippen LogP) is 3.43. The Labute approximate surface area is 146 Å². The van der Waals surface area contributed by atoms with Crippen molar-refractivity contribution >= 4 is 16.7 Å². The molecule has 1 heterocycles. The van der Waals surface area contributed by atoms with Gasteiger partial charge in [0.25, 0.3) is 0 Å². The van der Waals surface area contributed by atoms with Gasteiger partial charge in [-0.2, -0.15) is 0 Å². The average molecular weight is 339 g/mol. The van der Waals surface area contributed by atoms with E-state index in [1.807, 2.05) is 42.5 Å². The monoisotopic (exact) mass is 339 g/mol. The fourth-order valence-corrected chi connectivity index (χ4v) is 2.65. The van der Waals surface area contributed by atoms with Crippen molar-refractivity contribution in [2.75, 3.05) is 13.2 Å². The van der Waals surface area contributed by atoms with E-state index in [1.54, 1.807) is 19.1 Å². The van der Waals surface area contributed by atoms with Crippen LogP contribution in [0, 0.1) is 0 Å². The molecule has 0 bridgehead atoms. The molecule has 0 aliphatic rings. The number of carbonyl (C=O) groups excluding carboxylic acids is 1. The number of aliphatic hydroxyl groups excluding tert-OH is 1. The van der Waals surface area contributed by atoms with Gasteiger partial charge in [-0.1, -0.05) is 36.4 Å². The van der Waals surface area contributed by atoms with Crippen LogP contribution in [-0.2, 0) is 11.3 Å². The van der Waals surface area contributed by atoms with E-state index in [0.717, 1.165) is 16.3 Å². The molecule has 0 spiro atoms. The van der Waals surface area contributed by atoms with Crippen LogP contribution in [0.25, 0.3) is 10.8 Å². The van der Waals surface area contributed by atoms with Crippen molar-refractivity contribution in [3.63, 3.8) is 0 Å². The third kappa shape index (κ3) is 4.26. The van der Waals surface area contributed by atoms with Gasteiger partial charge in [-0.05, 0) is 41.5 Å². The van der Waals surface area contributed by atoms with Crippen molar-refractivity contribution in [2.24, 2.45) is 0 Å². The second-order valence-electron chi connectivity index (χ2n) is 5.74. The molecule has 25 heavy (non-hydrogen) atoms. The molecule has 0 saturated carbocycles. The number of esters is 1. The minimum Gasteiger partial charge on any atom is -0.460 e. The van der Waals surface area contributed by atoms with E-state index in [4.69, 9.17) is 9.15 Å². The van der Waals surface area contributed by atoms with E-state index >= 15 is 0 Å². The number of benzene rings is 2. The van der Waals surface area contributed by atoms with Crippen LogP contribution in [0.5, 0.6) is 0 Å². The Hall–Kier alpha value is -2.63. The van der Waals surface area contributed by atoms with Crippen LogP contribution < -0.4 is 5.32 Å². The molecule has 3 aromatic rings. The standard InChI is InChI=1S/C20H21NO4/c1-2-24-20(23)19-10-9-17(25-19)12-21-13-18(22)16-8-7-14-5-3-4-6-15(14)11-16/h3-11,18,21-22H,2,12-13H2,1H3. The zero-order valence-electron chi connectivity index (χ0n) is 14.1. The first-order valence-electron chi connectivity index (χ1n) is 8.30. The second kappa shape index (κ2) is 7.96. The third-order valence-electron chi connectivity index (χ3n) is 3.93. The van der Waals surface area contributed by atoms with Gasteiger partial charge in [-0.25, -0.2) is 4.79 Å². The van der Waals surface area contributed by atoms with Gasteiger partial charge in [0.2, 0.25) is 5.76 Å². The van der Waals surface area contributed by atoms with Gasteiger partial charge in [0, 0.05) is 6.54 Å². The molecular weight excluding hydrogens is 318 g/mol. The number of carbonyl (C=O) groups is 1. The summed E-state index contributed by atoms with van der Waals surface area (Å²) >= 11 is 0. The Bertz CT molecular complexity index is 856. The summed E-state index contributed by atoms with van der Waals surface area (Å²) in [6.45, 7) is 2.86. The summed E-state index contributed by atoms with van der Waals surface area (Å²) in [6, 6.07) is 17.3.